The van der Waals surface area contributed by atoms with Crippen LogP contribution in [0.2, 0.25) is 0 Å². The Morgan fingerprint density at radius 1 is 1.33 bits per heavy atom. The van der Waals surface area contributed by atoms with Gasteiger partial charge < -0.3 is 0 Å². The SMILES string of the molecule is C/C(=C\CCBr)c1ccc2c(c1)CCC2. The second kappa shape index (κ2) is 4.98. The summed E-state index contributed by atoms with van der Waals surface area (Å²) < 4.78 is 0. The van der Waals surface area contributed by atoms with Gasteiger partial charge in [0.2, 0.25) is 0 Å². The lowest BCUT2D eigenvalue weighted by Gasteiger charge is -2.05. The van der Waals surface area contributed by atoms with E-state index < -0.39 is 0 Å². The molecule has 0 radical (unpaired) electrons. The Hall–Kier alpha value is -0.560. The zero-order valence-corrected chi connectivity index (χ0v) is 10.8. The third-order valence-electron chi connectivity index (χ3n) is 3.11. The van der Waals surface area contributed by atoms with Crippen molar-refractivity contribution in [3.05, 3.63) is 41.0 Å². The summed E-state index contributed by atoms with van der Waals surface area (Å²) in [5.74, 6) is 0. The Labute approximate surface area is 101 Å². The molecule has 0 saturated heterocycles. The molecule has 1 aliphatic carbocycles. The van der Waals surface area contributed by atoms with Gasteiger partial charge in [0.05, 0.1) is 0 Å². The highest BCUT2D eigenvalue weighted by atomic mass is 79.9. The van der Waals surface area contributed by atoms with E-state index in [4.69, 9.17) is 0 Å². The second-order valence-electron chi connectivity index (χ2n) is 4.20. The first-order valence-electron chi connectivity index (χ1n) is 5.66. The summed E-state index contributed by atoms with van der Waals surface area (Å²) in [6.45, 7) is 2.21. The lowest BCUT2D eigenvalue weighted by atomic mass is 10.0. The maximum atomic E-state index is 3.46. The van der Waals surface area contributed by atoms with Gasteiger partial charge >= 0.3 is 0 Å². The molecule has 0 unspecified atom stereocenters. The van der Waals surface area contributed by atoms with E-state index in [-0.39, 0.29) is 0 Å². The number of alkyl halides is 1. The second-order valence-corrected chi connectivity index (χ2v) is 4.99. The lowest BCUT2D eigenvalue weighted by Crippen LogP contribution is -1.86. The van der Waals surface area contributed by atoms with Gasteiger partial charge in [0.1, 0.15) is 0 Å². The molecule has 1 heteroatoms. The van der Waals surface area contributed by atoms with Crippen LogP contribution in [0.5, 0.6) is 0 Å². The van der Waals surface area contributed by atoms with Crippen molar-refractivity contribution in [2.45, 2.75) is 32.6 Å². The van der Waals surface area contributed by atoms with Crippen LogP contribution in [0.15, 0.2) is 24.3 Å². The Bertz CT molecular complexity index is 377. The number of halogens is 1. The molecule has 80 valence electrons. The molecule has 0 saturated carbocycles. The van der Waals surface area contributed by atoms with Gasteiger partial charge in [0, 0.05) is 5.33 Å². The summed E-state index contributed by atoms with van der Waals surface area (Å²) in [4.78, 5) is 0. The van der Waals surface area contributed by atoms with E-state index in [1.807, 2.05) is 0 Å². The predicted molar refractivity (Wildman–Crippen MR) is 70.5 cm³/mol. The van der Waals surface area contributed by atoms with Crippen molar-refractivity contribution in [1.29, 1.82) is 0 Å². The van der Waals surface area contributed by atoms with Gasteiger partial charge in [-0.2, -0.15) is 0 Å². The van der Waals surface area contributed by atoms with Crippen molar-refractivity contribution >= 4 is 21.5 Å². The van der Waals surface area contributed by atoms with E-state index in [2.05, 4.69) is 47.1 Å². The molecule has 0 spiro atoms. The van der Waals surface area contributed by atoms with Crippen LogP contribution in [0.4, 0.5) is 0 Å². The summed E-state index contributed by atoms with van der Waals surface area (Å²) in [6, 6.07) is 6.95. The highest BCUT2D eigenvalue weighted by Gasteiger charge is 2.10. The van der Waals surface area contributed by atoms with Crippen LogP contribution in [-0.4, -0.2) is 5.33 Å². The largest absolute Gasteiger partial charge is 0.0925 e. The fourth-order valence-electron chi connectivity index (χ4n) is 2.21. The van der Waals surface area contributed by atoms with Crippen molar-refractivity contribution in [3.63, 3.8) is 0 Å². The van der Waals surface area contributed by atoms with Crippen LogP contribution in [-0.2, 0) is 12.8 Å². The van der Waals surface area contributed by atoms with E-state index in [1.165, 1.54) is 30.4 Å². The molecular weight excluding hydrogens is 248 g/mol. The number of rotatable bonds is 3. The van der Waals surface area contributed by atoms with Gasteiger partial charge in [-0.1, -0.05) is 40.2 Å². The Morgan fingerprint density at radius 3 is 2.93 bits per heavy atom. The molecule has 1 aromatic carbocycles. The molecule has 0 fully saturated rings. The fraction of sp³-hybridized carbons (Fsp3) is 0.429. The molecule has 15 heavy (non-hydrogen) atoms. The molecular formula is C14H17Br. The molecule has 1 aromatic rings. The lowest BCUT2D eigenvalue weighted by molar-refractivity contribution is 0.911. The summed E-state index contributed by atoms with van der Waals surface area (Å²) in [5.41, 5.74) is 5.94. The van der Waals surface area contributed by atoms with Crippen LogP contribution < -0.4 is 0 Å². The van der Waals surface area contributed by atoms with Crippen LogP contribution in [0.3, 0.4) is 0 Å². The first kappa shape index (κ1) is 10.9. The van der Waals surface area contributed by atoms with Gasteiger partial charge in [-0.05, 0) is 54.9 Å². The van der Waals surface area contributed by atoms with Crippen molar-refractivity contribution < 1.29 is 0 Å². The molecule has 0 N–H and O–H groups in total. The van der Waals surface area contributed by atoms with Crippen LogP contribution >= 0.6 is 15.9 Å². The quantitative estimate of drug-likeness (QED) is 0.712. The van der Waals surface area contributed by atoms with Gasteiger partial charge in [-0.3, -0.25) is 0 Å². The number of allylic oxidation sites excluding steroid dienone is 2. The predicted octanol–water partition coefficient (Wildman–Crippen LogP) is 4.36. The normalized spacial score (nSPS) is 15.5. The minimum absolute atomic E-state index is 1.05. The molecule has 0 amide bonds. The van der Waals surface area contributed by atoms with Gasteiger partial charge in [-0.25, -0.2) is 0 Å². The Kier molecular flexibility index (Phi) is 3.63. The first-order chi connectivity index (χ1) is 7.31. The van der Waals surface area contributed by atoms with Gasteiger partial charge in [0.25, 0.3) is 0 Å². The van der Waals surface area contributed by atoms with E-state index in [1.54, 1.807) is 11.1 Å². The Morgan fingerprint density at radius 2 is 2.13 bits per heavy atom. The first-order valence-corrected chi connectivity index (χ1v) is 6.78. The van der Waals surface area contributed by atoms with Crippen LogP contribution in [0.1, 0.15) is 36.5 Å². The van der Waals surface area contributed by atoms with Crippen molar-refractivity contribution in [2.75, 3.05) is 5.33 Å². The van der Waals surface area contributed by atoms with Crippen molar-refractivity contribution in [1.82, 2.24) is 0 Å². The number of hydrogen-bond acceptors (Lipinski definition) is 0. The number of fused-ring (bicyclic) bond motifs is 1. The van der Waals surface area contributed by atoms with E-state index >= 15 is 0 Å². The number of benzene rings is 1. The number of hydrogen-bond donors (Lipinski definition) is 0. The maximum absolute atomic E-state index is 3.46. The zero-order valence-electron chi connectivity index (χ0n) is 9.22. The van der Waals surface area contributed by atoms with Crippen LogP contribution in [0, 0.1) is 0 Å². The third kappa shape index (κ3) is 2.52. The Balaban J connectivity index is 2.22. The molecule has 0 nitrogen and oxygen atoms in total. The average molecular weight is 265 g/mol. The fourth-order valence-corrected chi connectivity index (χ4v) is 2.43. The third-order valence-corrected chi connectivity index (χ3v) is 3.57. The van der Waals surface area contributed by atoms with E-state index in [0.29, 0.717) is 0 Å². The topological polar surface area (TPSA) is 0 Å². The summed E-state index contributed by atoms with van der Waals surface area (Å²) >= 11 is 3.46. The molecule has 0 bridgehead atoms. The molecule has 0 aromatic heterocycles. The van der Waals surface area contributed by atoms with Crippen molar-refractivity contribution in [2.24, 2.45) is 0 Å². The summed E-state index contributed by atoms with van der Waals surface area (Å²) in [7, 11) is 0. The van der Waals surface area contributed by atoms with E-state index in [9.17, 15) is 0 Å². The van der Waals surface area contributed by atoms with Crippen molar-refractivity contribution in [3.8, 4) is 0 Å². The van der Waals surface area contributed by atoms with Gasteiger partial charge in [-0.15, -0.1) is 0 Å². The van der Waals surface area contributed by atoms with Crippen LogP contribution in [0.25, 0.3) is 5.57 Å². The number of aryl methyl sites for hydroxylation is 2. The average Bonchev–Trinajstić information content (AvgIpc) is 2.72. The minimum atomic E-state index is 1.05. The minimum Gasteiger partial charge on any atom is -0.0925 e. The smallest absolute Gasteiger partial charge is 0.00661 e. The molecule has 0 atom stereocenters. The molecule has 0 heterocycles. The zero-order chi connectivity index (χ0) is 10.7. The molecule has 1 aliphatic rings. The van der Waals surface area contributed by atoms with E-state index in [0.717, 1.165) is 11.8 Å². The summed E-state index contributed by atoms with van der Waals surface area (Å²) in [5, 5.41) is 1.05. The highest BCUT2D eigenvalue weighted by Crippen LogP contribution is 2.25. The standard InChI is InChI=1S/C14H17Br/c1-11(4-3-9-15)13-8-7-12-5-2-6-14(12)10-13/h4,7-8,10H,2-3,5-6,9H2,1H3/b11-4+. The monoisotopic (exact) mass is 264 g/mol. The maximum Gasteiger partial charge on any atom is 0.00661 e. The molecule has 0 aliphatic heterocycles. The summed E-state index contributed by atoms with van der Waals surface area (Å²) in [6.07, 6.45) is 7.31. The highest BCUT2D eigenvalue weighted by molar-refractivity contribution is 9.09. The van der Waals surface area contributed by atoms with Gasteiger partial charge in [0.15, 0.2) is 0 Å². The molecule has 2 rings (SSSR count).